The second kappa shape index (κ2) is 7.74. The minimum Gasteiger partial charge on any atom is -0.353 e. The maximum atomic E-state index is 13.8. The molecule has 0 fully saturated rings. The van der Waals surface area contributed by atoms with E-state index in [0.29, 0.717) is 16.9 Å². The summed E-state index contributed by atoms with van der Waals surface area (Å²) in [4.78, 5) is 27.8. The molecule has 27 heavy (non-hydrogen) atoms. The molecule has 0 saturated heterocycles. The molecule has 2 N–H and O–H groups in total. The lowest BCUT2D eigenvalue weighted by Crippen LogP contribution is -2.14. The van der Waals surface area contributed by atoms with Crippen LogP contribution in [0.1, 0.15) is 27.8 Å². The zero-order valence-electron chi connectivity index (χ0n) is 14.3. The van der Waals surface area contributed by atoms with Gasteiger partial charge in [-0.15, -0.1) is 0 Å². The standard InChI is InChI=1S/C20H15F2N3O2/c1-12(26)13-3-2-4-15(9-13)25-20(27)19-11-16(7-8-23-19)24-18-6-5-14(21)10-17(18)22/h2-11H,1H3,(H,23,24)(H,25,27). The van der Waals surface area contributed by atoms with E-state index >= 15 is 0 Å². The molecule has 3 aromatic rings. The summed E-state index contributed by atoms with van der Waals surface area (Å²) in [5, 5.41) is 5.43. The Morgan fingerprint density at radius 1 is 0.963 bits per heavy atom. The number of carbonyl (C=O) groups is 2. The highest BCUT2D eigenvalue weighted by atomic mass is 19.1. The highest BCUT2D eigenvalue weighted by Gasteiger charge is 2.11. The minimum absolute atomic E-state index is 0.0723. The van der Waals surface area contributed by atoms with Crippen molar-refractivity contribution in [2.24, 2.45) is 0 Å². The van der Waals surface area contributed by atoms with Crippen molar-refractivity contribution in [2.45, 2.75) is 6.92 Å². The van der Waals surface area contributed by atoms with Crippen LogP contribution in [0.5, 0.6) is 0 Å². The lowest BCUT2D eigenvalue weighted by molar-refractivity contribution is 0.100. The molecular formula is C20H15F2N3O2. The number of nitrogens with zero attached hydrogens (tertiary/aromatic N) is 1. The van der Waals surface area contributed by atoms with Crippen LogP contribution in [0.4, 0.5) is 25.8 Å². The molecule has 2 aromatic carbocycles. The Morgan fingerprint density at radius 3 is 2.52 bits per heavy atom. The quantitative estimate of drug-likeness (QED) is 0.649. The van der Waals surface area contributed by atoms with E-state index < -0.39 is 17.5 Å². The van der Waals surface area contributed by atoms with Crippen LogP contribution < -0.4 is 10.6 Å². The van der Waals surface area contributed by atoms with Crippen molar-refractivity contribution in [3.8, 4) is 0 Å². The van der Waals surface area contributed by atoms with Gasteiger partial charge in [-0.1, -0.05) is 12.1 Å². The molecule has 0 aliphatic rings. The number of benzene rings is 2. The molecule has 0 unspecified atom stereocenters. The number of nitrogens with one attached hydrogen (secondary N) is 2. The van der Waals surface area contributed by atoms with E-state index in [4.69, 9.17) is 0 Å². The third kappa shape index (κ3) is 4.52. The lowest BCUT2D eigenvalue weighted by Gasteiger charge is -2.10. The number of pyridine rings is 1. The Kier molecular flexibility index (Phi) is 5.21. The van der Waals surface area contributed by atoms with E-state index in [-0.39, 0.29) is 17.2 Å². The van der Waals surface area contributed by atoms with Gasteiger partial charge in [-0.05, 0) is 43.3 Å². The molecule has 0 radical (unpaired) electrons. The number of Topliss-reactive ketones (excluding diaryl/α,β-unsaturated/α-hetero) is 1. The van der Waals surface area contributed by atoms with E-state index in [1.165, 1.54) is 25.3 Å². The number of hydrogen-bond acceptors (Lipinski definition) is 4. The number of aromatic nitrogens is 1. The van der Waals surface area contributed by atoms with Crippen LogP contribution in [0.25, 0.3) is 0 Å². The summed E-state index contributed by atoms with van der Waals surface area (Å²) in [5.41, 5.74) is 1.51. The van der Waals surface area contributed by atoms with Gasteiger partial charge in [0.05, 0.1) is 5.69 Å². The fourth-order valence-electron chi connectivity index (χ4n) is 2.39. The Labute approximate surface area is 154 Å². The van der Waals surface area contributed by atoms with Crippen LogP contribution in [0.2, 0.25) is 0 Å². The predicted molar refractivity (Wildman–Crippen MR) is 98.3 cm³/mol. The van der Waals surface area contributed by atoms with Crippen molar-refractivity contribution >= 4 is 28.8 Å². The van der Waals surface area contributed by atoms with Gasteiger partial charge in [0.25, 0.3) is 5.91 Å². The summed E-state index contributed by atoms with van der Waals surface area (Å²) in [5.74, 6) is -2.03. The third-order valence-electron chi connectivity index (χ3n) is 3.73. The van der Waals surface area contributed by atoms with Crippen LogP contribution in [-0.2, 0) is 0 Å². The van der Waals surface area contributed by atoms with Gasteiger partial charge < -0.3 is 10.6 Å². The SMILES string of the molecule is CC(=O)c1cccc(NC(=O)c2cc(Nc3ccc(F)cc3F)ccn2)c1. The highest BCUT2D eigenvalue weighted by molar-refractivity contribution is 6.04. The number of amides is 1. The fraction of sp³-hybridized carbons (Fsp3) is 0.0500. The lowest BCUT2D eigenvalue weighted by atomic mass is 10.1. The number of halogens is 2. The summed E-state index contributed by atoms with van der Waals surface area (Å²) < 4.78 is 26.8. The molecule has 1 aromatic heterocycles. The maximum Gasteiger partial charge on any atom is 0.274 e. The first-order valence-electron chi connectivity index (χ1n) is 8.03. The molecule has 5 nitrogen and oxygen atoms in total. The normalized spacial score (nSPS) is 10.3. The van der Waals surface area contributed by atoms with Crippen molar-refractivity contribution in [2.75, 3.05) is 10.6 Å². The van der Waals surface area contributed by atoms with Crippen LogP contribution in [0.3, 0.4) is 0 Å². The first kappa shape index (κ1) is 18.2. The van der Waals surface area contributed by atoms with Crippen molar-refractivity contribution in [1.29, 1.82) is 0 Å². The Bertz CT molecular complexity index is 1020. The van der Waals surface area contributed by atoms with Crippen molar-refractivity contribution < 1.29 is 18.4 Å². The monoisotopic (exact) mass is 367 g/mol. The van der Waals surface area contributed by atoms with Crippen molar-refractivity contribution in [1.82, 2.24) is 4.98 Å². The third-order valence-corrected chi connectivity index (χ3v) is 3.73. The first-order chi connectivity index (χ1) is 12.9. The molecule has 1 heterocycles. The van der Waals surface area contributed by atoms with Crippen molar-refractivity contribution in [3.05, 3.63) is 83.7 Å². The first-order valence-corrected chi connectivity index (χ1v) is 8.03. The molecule has 0 saturated carbocycles. The Hall–Kier alpha value is -3.61. The zero-order valence-corrected chi connectivity index (χ0v) is 14.3. The van der Waals surface area contributed by atoms with E-state index in [2.05, 4.69) is 15.6 Å². The number of ketones is 1. The number of hydrogen-bond donors (Lipinski definition) is 2. The zero-order chi connectivity index (χ0) is 19.4. The van der Waals surface area contributed by atoms with E-state index in [9.17, 15) is 18.4 Å². The molecule has 0 bridgehead atoms. The highest BCUT2D eigenvalue weighted by Crippen LogP contribution is 2.21. The molecule has 0 aliphatic heterocycles. The molecule has 3 rings (SSSR count). The predicted octanol–water partition coefficient (Wildman–Crippen LogP) is 4.56. The molecule has 0 spiro atoms. The molecule has 136 valence electrons. The van der Waals surface area contributed by atoms with E-state index in [0.717, 1.165) is 12.1 Å². The van der Waals surface area contributed by atoms with Crippen molar-refractivity contribution in [3.63, 3.8) is 0 Å². The van der Waals surface area contributed by atoms with Crippen LogP contribution >= 0.6 is 0 Å². The smallest absolute Gasteiger partial charge is 0.274 e. The van der Waals surface area contributed by atoms with Gasteiger partial charge in [-0.25, -0.2) is 8.78 Å². The maximum absolute atomic E-state index is 13.8. The summed E-state index contributed by atoms with van der Waals surface area (Å²) in [6.45, 7) is 1.44. The van der Waals surface area contributed by atoms with Crippen LogP contribution in [0, 0.1) is 11.6 Å². The summed E-state index contributed by atoms with van der Waals surface area (Å²) >= 11 is 0. The number of carbonyl (C=O) groups excluding carboxylic acids is 2. The second-order valence-corrected chi connectivity index (χ2v) is 5.77. The average molecular weight is 367 g/mol. The summed E-state index contributed by atoms with van der Waals surface area (Å²) in [6.07, 6.45) is 1.39. The van der Waals surface area contributed by atoms with Crippen LogP contribution in [0.15, 0.2) is 60.8 Å². The molecule has 0 atom stereocenters. The topological polar surface area (TPSA) is 71.1 Å². The Morgan fingerprint density at radius 2 is 1.78 bits per heavy atom. The fourth-order valence-corrected chi connectivity index (χ4v) is 2.39. The van der Waals surface area contributed by atoms with Gasteiger partial charge in [0.2, 0.25) is 0 Å². The molecule has 7 heteroatoms. The van der Waals surface area contributed by atoms with Gasteiger partial charge >= 0.3 is 0 Å². The molecular weight excluding hydrogens is 352 g/mol. The van der Waals surface area contributed by atoms with E-state index in [1.807, 2.05) is 0 Å². The average Bonchev–Trinajstić information content (AvgIpc) is 2.64. The summed E-state index contributed by atoms with van der Waals surface area (Å²) in [7, 11) is 0. The number of anilines is 3. The van der Waals surface area contributed by atoms with E-state index in [1.54, 1.807) is 30.3 Å². The van der Waals surface area contributed by atoms with Gasteiger partial charge in [-0.2, -0.15) is 0 Å². The van der Waals surface area contributed by atoms with Gasteiger partial charge in [0.15, 0.2) is 5.78 Å². The Balaban J connectivity index is 1.77. The second-order valence-electron chi connectivity index (χ2n) is 5.77. The van der Waals surface area contributed by atoms with Crippen LogP contribution in [-0.4, -0.2) is 16.7 Å². The molecule has 1 amide bonds. The minimum atomic E-state index is -0.751. The van der Waals surface area contributed by atoms with Gasteiger partial charge in [0.1, 0.15) is 17.3 Å². The summed E-state index contributed by atoms with van der Waals surface area (Å²) in [6, 6.07) is 12.7. The largest absolute Gasteiger partial charge is 0.353 e. The number of rotatable bonds is 5. The van der Waals surface area contributed by atoms with Gasteiger partial charge in [-0.3, -0.25) is 14.6 Å². The van der Waals surface area contributed by atoms with Gasteiger partial charge in [0, 0.05) is 29.2 Å². The molecule has 0 aliphatic carbocycles.